The third kappa shape index (κ3) is 2.80. The van der Waals surface area contributed by atoms with Gasteiger partial charge in [-0.3, -0.25) is 4.79 Å². The van der Waals surface area contributed by atoms with Gasteiger partial charge in [-0.2, -0.15) is 4.37 Å². The molecule has 0 spiro atoms. The van der Waals surface area contributed by atoms with Gasteiger partial charge >= 0.3 is 5.97 Å². The highest BCUT2D eigenvalue weighted by Gasteiger charge is 2.11. The molecule has 3 N–H and O–H groups in total. The zero-order valence-electron chi connectivity index (χ0n) is 6.14. The lowest BCUT2D eigenvalue weighted by atomic mass is 10.4. The van der Waals surface area contributed by atoms with Crippen LogP contribution in [0.25, 0.3) is 0 Å². The Morgan fingerprint density at radius 1 is 1.92 bits per heavy atom. The molecule has 1 heterocycles. The summed E-state index contributed by atoms with van der Waals surface area (Å²) in [7, 11) is 0. The van der Waals surface area contributed by atoms with Crippen molar-refractivity contribution in [1.29, 1.82) is 0 Å². The summed E-state index contributed by atoms with van der Waals surface area (Å²) < 4.78 is 4.00. The molecule has 0 bridgehead atoms. The molecule has 0 unspecified atom stereocenters. The standard InChI is InChI=1S/C6H8N2O2S2/c7-4(6(9)10)3-11-5-1-2-12-8-5/h1-2,4H,3,7H2,(H,9,10)/t4-/m0/s1. The number of carboxylic acids is 1. The number of aliphatic carboxylic acids is 1. The van der Waals surface area contributed by atoms with Crippen LogP contribution in [-0.4, -0.2) is 27.2 Å². The lowest BCUT2D eigenvalue weighted by molar-refractivity contribution is -0.137. The van der Waals surface area contributed by atoms with Gasteiger partial charge in [0.25, 0.3) is 0 Å². The largest absolute Gasteiger partial charge is 0.480 e. The monoisotopic (exact) mass is 204 g/mol. The van der Waals surface area contributed by atoms with Crippen LogP contribution < -0.4 is 5.73 Å². The predicted octanol–water partition coefficient (Wildman–Crippen LogP) is 0.647. The third-order valence-corrected chi connectivity index (χ3v) is 2.87. The van der Waals surface area contributed by atoms with E-state index in [2.05, 4.69) is 4.37 Å². The van der Waals surface area contributed by atoms with Crippen molar-refractivity contribution in [2.24, 2.45) is 5.73 Å². The van der Waals surface area contributed by atoms with Crippen molar-refractivity contribution in [2.45, 2.75) is 11.1 Å². The van der Waals surface area contributed by atoms with E-state index < -0.39 is 12.0 Å². The first kappa shape index (κ1) is 9.50. The number of rotatable bonds is 4. The molecular formula is C6H8N2O2S2. The molecule has 66 valence electrons. The summed E-state index contributed by atoms with van der Waals surface area (Å²) in [6.07, 6.45) is 0. The van der Waals surface area contributed by atoms with E-state index in [0.29, 0.717) is 5.75 Å². The van der Waals surface area contributed by atoms with Gasteiger partial charge in [0.05, 0.1) is 0 Å². The Morgan fingerprint density at radius 3 is 3.17 bits per heavy atom. The highest BCUT2D eigenvalue weighted by molar-refractivity contribution is 7.99. The Hall–Kier alpha value is -0.590. The first-order valence-electron chi connectivity index (χ1n) is 3.21. The van der Waals surface area contributed by atoms with Crippen LogP contribution in [0.5, 0.6) is 0 Å². The molecule has 0 saturated heterocycles. The number of carbonyl (C=O) groups is 1. The fourth-order valence-electron chi connectivity index (χ4n) is 0.522. The molecule has 6 heteroatoms. The van der Waals surface area contributed by atoms with Crippen molar-refractivity contribution in [2.75, 3.05) is 5.75 Å². The van der Waals surface area contributed by atoms with Crippen LogP contribution in [-0.2, 0) is 4.79 Å². The first-order valence-corrected chi connectivity index (χ1v) is 5.04. The van der Waals surface area contributed by atoms with Gasteiger partial charge in [0, 0.05) is 11.1 Å². The first-order chi connectivity index (χ1) is 5.70. The number of hydrogen-bond acceptors (Lipinski definition) is 5. The Bertz CT molecular complexity index is 250. The molecule has 0 radical (unpaired) electrons. The molecule has 12 heavy (non-hydrogen) atoms. The minimum absolute atomic E-state index is 0.360. The summed E-state index contributed by atoms with van der Waals surface area (Å²) in [6.45, 7) is 0. The normalized spacial score (nSPS) is 12.8. The topological polar surface area (TPSA) is 76.2 Å². The van der Waals surface area contributed by atoms with Crippen molar-refractivity contribution in [3.8, 4) is 0 Å². The van der Waals surface area contributed by atoms with E-state index in [1.807, 2.05) is 11.4 Å². The number of thioether (sulfide) groups is 1. The van der Waals surface area contributed by atoms with E-state index in [-0.39, 0.29) is 0 Å². The Balaban J connectivity index is 2.31. The summed E-state index contributed by atoms with van der Waals surface area (Å²) >= 11 is 2.70. The van der Waals surface area contributed by atoms with E-state index in [1.54, 1.807) is 0 Å². The minimum atomic E-state index is -0.974. The Kier molecular flexibility index (Phi) is 3.51. The number of aromatic nitrogens is 1. The summed E-state index contributed by atoms with van der Waals surface area (Å²) in [5, 5.41) is 11.1. The lowest BCUT2D eigenvalue weighted by Crippen LogP contribution is -2.32. The summed E-state index contributed by atoms with van der Waals surface area (Å²) in [4.78, 5) is 10.3. The van der Waals surface area contributed by atoms with Crippen molar-refractivity contribution < 1.29 is 9.90 Å². The fraction of sp³-hybridized carbons (Fsp3) is 0.333. The van der Waals surface area contributed by atoms with Crippen LogP contribution >= 0.6 is 23.3 Å². The molecule has 0 amide bonds. The van der Waals surface area contributed by atoms with Crippen LogP contribution in [0.3, 0.4) is 0 Å². The number of hydrogen-bond donors (Lipinski definition) is 2. The molecule has 1 aromatic heterocycles. The van der Waals surface area contributed by atoms with Crippen molar-refractivity contribution >= 4 is 29.3 Å². The molecule has 0 aliphatic heterocycles. The third-order valence-electron chi connectivity index (χ3n) is 1.14. The van der Waals surface area contributed by atoms with Gasteiger partial charge in [-0.15, -0.1) is 11.8 Å². The number of nitrogens with zero attached hydrogens (tertiary/aromatic N) is 1. The van der Waals surface area contributed by atoms with Crippen LogP contribution in [0.2, 0.25) is 0 Å². The van der Waals surface area contributed by atoms with Crippen molar-refractivity contribution in [3.05, 3.63) is 11.4 Å². The van der Waals surface area contributed by atoms with Crippen LogP contribution in [0.15, 0.2) is 16.5 Å². The van der Waals surface area contributed by atoms with Gasteiger partial charge < -0.3 is 10.8 Å². The molecular weight excluding hydrogens is 196 g/mol. The summed E-state index contributed by atoms with van der Waals surface area (Å²) in [5.74, 6) is -0.614. The van der Waals surface area contributed by atoms with Gasteiger partial charge in [-0.25, -0.2) is 0 Å². The van der Waals surface area contributed by atoms with E-state index >= 15 is 0 Å². The van der Waals surface area contributed by atoms with Gasteiger partial charge in [-0.05, 0) is 17.6 Å². The minimum Gasteiger partial charge on any atom is -0.480 e. The highest BCUT2D eigenvalue weighted by atomic mass is 32.2. The van der Waals surface area contributed by atoms with Gasteiger partial charge in [-0.1, -0.05) is 0 Å². The number of carboxylic acid groups (broad SMARTS) is 1. The quantitative estimate of drug-likeness (QED) is 0.704. The smallest absolute Gasteiger partial charge is 0.321 e. The molecule has 0 aliphatic carbocycles. The maximum Gasteiger partial charge on any atom is 0.321 e. The zero-order chi connectivity index (χ0) is 8.97. The molecule has 4 nitrogen and oxygen atoms in total. The highest BCUT2D eigenvalue weighted by Crippen LogP contribution is 2.16. The zero-order valence-corrected chi connectivity index (χ0v) is 7.77. The predicted molar refractivity (Wildman–Crippen MR) is 48.4 cm³/mol. The van der Waals surface area contributed by atoms with Gasteiger partial charge in [0.1, 0.15) is 11.1 Å². The number of nitrogens with two attached hydrogens (primary N) is 1. The fourth-order valence-corrected chi connectivity index (χ4v) is 2.02. The molecule has 0 aliphatic rings. The SMILES string of the molecule is N[C@@H](CSc1ccsn1)C(=O)O. The lowest BCUT2D eigenvalue weighted by Gasteiger charge is -2.02. The maximum absolute atomic E-state index is 10.3. The van der Waals surface area contributed by atoms with E-state index in [4.69, 9.17) is 10.8 Å². The summed E-state index contributed by atoms with van der Waals surface area (Å²) in [5.41, 5.74) is 5.29. The molecule has 0 fully saturated rings. The van der Waals surface area contributed by atoms with Crippen molar-refractivity contribution in [3.63, 3.8) is 0 Å². The summed E-state index contributed by atoms with van der Waals surface area (Å²) in [6, 6.07) is 1.03. The molecule has 1 rings (SSSR count). The van der Waals surface area contributed by atoms with Crippen LogP contribution in [0.1, 0.15) is 0 Å². The van der Waals surface area contributed by atoms with Crippen LogP contribution in [0.4, 0.5) is 0 Å². The second kappa shape index (κ2) is 4.44. The second-order valence-corrected chi connectivity index (χ2v) is 3.80. The Morgan fingerprint density at radius 2 is 2.67 bits per heavy atom. The molecule has 1 aromatic rings. The van der Waals surface area contributed by atoms with Gasteiger partial charge in [0.15, 0.2) is 0 Å². The molecule has 0 saturated carbocycles. The average molecular weight is 204 g/mol. The van der Waals surface area contributed by atoms with Crippen LogP contribution in [0, 0.1) is 0 Å². The van der Waals surface area contributed by atoms with E-state index in [9.17, 15) is 4.79 Å². The molecule has 0 aromatic carbocycles. The second-order valence-electron chi connectivity index (χ2n) is 2.09. The van der Waals surface area contributed by atoms with E-state index in [0.717, 1.165) is 5.03 Å². The maximum atomic E-state index is 10.3. The van der Waals surface area contributed by atoms with E-state index in [1.165, 1.54) is 23.3 Å². The molecule has 1 atom stereocenters. The van der Waals surface area contributed by atoms with Gasteiger partial charge in [0.2, 0.25) is 0 Å². The Labute approximate surface area is 77.9 Å². The van der Waals surface area contributed by atoms with Crippen molar-refractivity contribution in [1.82, 2.24) is 4.37 Å². The average Bonchev–Trinajstić information content (AvgIpc) is 2.51.